The minimum atomic E-state index is -0.759. The average Bonchev–Trinajstić information content (AvgIpc) is 3.08. The molecule has 0 aliphatic heterocycles. The molecule has 1 atom stereocenters. The van der Waals surface area contributed by atoms with E-state index in [4.69, 9.17) is 55.9 Å². The van der Waals surface area contributed by atoms with Gasteiger partial charge in [0.05, 0.1) is 20.1 Å². The van der Waals surface area contributed by atoms with Crippen molar-refractivity contribution in [3.63, 3.8) is 0 Å². The Hall–Kier alpha value is -1.86. The first-order valence-electron chi connectivity index (χ1n) is 19.2. The quantitative estimate of drug-likeness (QED) is 0.0489. The second-order valence-electron chi connectivity index (χ2n) is 13.5. The molecule has 0 amide bonds. The third-order valence-corrected chi connectivity index (χ3v) is 9.93. The fourth-order valence-electron chi connectivity index (χ4n) is 5.81. The summed E-state index contributed by atoms with van der Waals surface area (Å²) in [5.74, 6) is -0.691. The molecule has 2 aromatic rings. The molecule has 0 aliphatic carbocycles. The van der Waals surface area contributed by atoms with Crippen LogP contribution in [0.3, 0.4) is 0 Å². The molecule has 51 heavy (non-hydrogen) atoms. The molecule has 0 N–H and O–H groups in total. The van der Waals surface area contributed by atoms with Crippen LogP contribution in [0.15, 0.2) is 34.5 Å². The Bertz CT molecular complexity index is 1290. The Balaban J connectivity index is 1.58. The number of ether oxygens (including phenoxy) is 2. The van der Waals surface area contributed by atoms with Crippen molar-refractivity contribution in [2.24, 2.45) is 10.2 Å². The molecule has 2 aromatic carbocycles. The summed E-state index contributed by atoms with van der Waals surface area (Å²) in [5, 5.41) is 9.91. The molecule has 0 bridgehead atoms. The van der Waals surface area contributed by atoms with Crippen molar-refractivity contribution < 1.29 is 19.1 Å². The maximum absolute atomic E-state index is 12.3. The molecule has 0 spiro atoms. The first-order valence-corrected chi connectivity index (χ1v) is 20.7. The van der Waals surface area contributed by atoms with E-state index in [1.165, 1.54) is 77.0 Å². The molecule has 0 aromatic heterocycles. The second-order valence-corrected chi connectivity index (χ2v) is 15.1. The highest BCUT2D eigenvalue weighted by atomic mass is 35.5. The van der Waals surface area contributed by atoms with Gasteiger partial charge in [-0.3, -0.25) is 9.59 Å². The van der Waals surface area contributed by atoms with Crippen LogP contribution in [-0.4, -0.2) is 24.6 Å². The number of halogens is 4. The molecule has 0 heterocycles. The van der Waals surface area contributed by atoms with E-state index in [-0.39, 0.29) is 19.0 Å². The summed E-state index contributed by atoms with van der Waals surface area (Å²) in [4.78, 5) is 24.5. The molecule has 10 heteroatoms. The Labute approximate surface area is 327 Å². The van der Waals surface area contributed by atoms with Gasteiger partial charge in [0, 0.05) is 12.8 Å². The standard InChI is InChI=1S/C41H59Cl4N2O4/c1-4-6-8-9-10-11-12-13-14-15-16-17-18-19-20-24-38(48)50-30-31(3)51-39(49)25-21-23-33-28-36(44)41(37(45)29-33)47-46-40-34(42)26-32(22-7-5-2)27-35(40)43/h26-29,31H,3-25,30H2,1-2H3/t31-/m1/s1. The Morgan fingerprint density at radius 1 is 0.569 bits per heavy atom. The Morgan fingerprint density at radius 2 is 0.941 bits per heavy atom. The van der Waals surface area contributed by atoms with Crippen LogP contribution >= 0.6 is 46.4 Å². The number of benzene rings is 2. The van der Waals surface area contributed by atoms with Crippen LogP contribution in [0.5, 0.6) is 0 Å². The van der Waals surface area contributed by atoms with Gasteiger partial charge in [0.15, 0.2) is 0 Å². The van der Waals surface area contributed by atoms with E-state index in [1.54, 1.807) is 12.1 Å². The number of carbonyl (C=O) groups is 2. The lowest BCUT2D eigenvalue weighted by molar-refractivity contribution is -0.156. The minimum Gasteiger partial charge on any atom is -0.462 e. The molecule has 6 nitrogen and oxygen atoms in total. The van der Waals surface area contributed by atoms with Crippen molar-refractivity contribution in [3.8, 4) is 0 Å². The highest BCUT2D eigenvalue weighted by Crippen LogP contribution is 2.39. The smallest absolute Gasteiger partial charge is 0.306 e. The maximum atomic E-state index is 12.3. The maximum Gasteiger partial charge on any atom is 0.306 e. The number of hydrogen-bond acceptors (Lipinski definition) is 6. The van der Waals surface area contributed by atoms with E-state index >= 15 is 0 Å². The highest BCUT2D eigenvalue weighted by molar-refractivity contribution is 6.39. The number of rotatable bonds is 28. The number of azo groups is 1. The topological polar surface area (TPSA) is 77.3 Å². The number of nitrogens with zero attached hydrogens (tertiary/aromatic N) is 2. The fraction of sp³-hybridized carbons (Fsp3) is 0.634. The molecule has 0 saturated heterocycles. The number of aryl methyl sites for hydroxylation is 2. The van der Waals surface area contributed by atoms with Crippen molar-refractivity contribution in [2.45, 2.75) is 161 Å². The zero-order valence-corrected chi connectivity index (χ0v) is 33.9. The number of hydrogen-bond donors (Lipinski definition) is 0. The van der Waals surface area contributed by atoms with Crippen molar-refractivity contribution in [1.29, 1.82) is 0 Å². The molecule has 0 fully saturated rings. The summed E-state index contributed by atoms with van der Waals surface area (Å²) >= 11 is 25.8. The van der Waals surface area contributed by atoms with Gasteiger partial charge in [0.1, 0.15) is 24.1 Å². The van der Waals surface area contributed by atoms with Crippen LogP contribution in [0.25, 0.3) is 0 Å². The van der Waals surface area contributed by atoms with E-state index in [0.717, 1.165) is 49.7 Å². The SMILES string of the molecule is [CH2][C@H](COC(=O)CCCCCCCCCCCCCCCCC)OC(=O)CCCc1cc(Cl)c(N=Nc2c(Cl)cc(CCCC)cc2Cl)c(Cl)c1. The van der Waals surface area contributed by atoms with E-state index in [1.807, 2.05) is 12.1 Å². The lowest BCUT2D eigenvalue weighted by Gasteiger charge is -2.13. The zero-order valence-electron chi connectivity index (χ0n) is 30.9. The van der Waals surface area contributed by atoms with Gasteiger partial charge in [-0.2, -0.15) is 0 Å². The average molecular weight is 786 g/mol. The number of unbranched alkanes of at least 4 members (excludes halogenated alkanes) is 15. The summed E-state index contributed by atoms with van der Waals surface area (Å²) < 4.78 is 10.6. The van der Waals surface area contributed by atoms with Crippen molar-refractivity contribution in [3.05, 3.63) is 62.4 Å². The van der Waals surface area contributed by atoms with Gasteiger partial charge in [-0.25, -0.2) is 0 Å². The lowest BCUT2D eigenvalue weighted by atomic mass is 10.0. The van der Waals surface area contributed by atoms with E-state index in [0.29, 0.717) is 50.7 Å². The normalized spacial score (nSPS) is 12.1. The Morgan fingerprint density at radius 3 is 1.37 bits per heavy atom. The summed E-state index contributed by atoms with van der Waals surface area (Å²) in [6.07, 6.45) is 23.0. The largest absolute Gasteiger partial charge is 0.462 e. The van der Waals surface area contributed by atoms with Gasteiger partial charge in [0.25, 0.3) is 0 Å². The van der Waals surface area contributed by atoms with Crippen LogP contribution in [0.2, 0.25) is 20.1 Å². The van der Waals surface area contributed by atoms with Crippen molar-refractivity contribution in [1.82, 2.24) is 0 Å². The van der Waals surface area contributed by atoms with Crippen LogP contribution in [0, 0.1) is 6.92 Å². The molecular formula is C41H59Cl4N2O4. The zero-order chi connectivity index (χ0) is 37.3. The first kappa shape index (κ1) is 45.3. The predicted octanol–water partition coefficient (Wildman–Crippen LogP) is 14.9. The minimum absolute atomic E-state index is 0.0516. The van der Waals surface area contributed by atoms with E-state index in [2.05, 4.69) is 31.0 Å². The van der Waals surface area contributed by atoms with Crippen molar-refractivity contribution >= 4 is 69.7 Å². The molecule has 0 aliphatic rings. The third kappa shape index (κ3) is 20.3. The van der Waals surface area contributed by atoms with E-state index < -0.39 is 12.1 Å². The third-order valence-electron chi connectivity index (χ3n) is 8.78. The number of esters is 2. The van der Waals surface area contributed by atoms with Crippen LogP contribution in [-0.2, 0) is 31.9 Å². The molecule has 285 valence electrons. The molecule has 0 saturated carbocycles. The lowest BCUT2D eigenvalue weighted by Crippen LogP contribution is -2.22. The Kier molecular flexibility index (Phi) is 24.6. The van der Waals surface area contributed by atoms with Gasteiger partial charge in [-0.05, 0) is 74.4 Å². The summed E-state index contributed by atoms with van der Waals surface area (Å²) in [6, 6.07) is 7.18. The van der Waals surface area contributed by atoms with Crippen LogP contribution in [0.1, 0.15) is 153 Å². The van der Waals surface area contributed by atoms with Crippen molar-refractivity contribution in [2.75, 3.05) is 6.61 Å². The van der Waals surface area contributed by atoms with E-state index in [9.17, 15) is 9.59 Å². The molecular weight excluding hydrogens is 726 g/mol. The number of carbonyl (C=O) groups excluding carboxylic acids is 2. The monoisotopic (exact) mass is 783 g/mol. The molecule has 2 rings (SSSR count). The summed E-state index contributed by atoms with van der Waals surface area (Å²) in [6.45, 7) is 8.14. The molecule has 0 unspecified atom stereocenters. The predicted molar refractivity (Wildman–Crippen MR) is 214 cm³/mol. The van der Waals surface area contributed by atoms with Gasteiger partial charge in [-0.15, -0.1) is 10.2 Å². The van der Waals surface area contributed by atoms with Gasteiger partial charge in [-0.1, -0.05) is 157 Å². The molecule has 1 radical (unpaired) electrons. The van der Waals surface area contributed by atoms with Crippen LogP contribution in [0.4, 0.5) is 11.4 Å². The van der Waals surface area contributed by atoms with Gasteiger partial charge >= 0.3 is 11.9 Å². The highest BCUT2D eigenvalue weighted by Gasteiger charge is 2.14. The van der Waals surface area contributed by atoms with Crippen LogP contribution < -0.4 is 0 Å². The second kappa shape index (κ2) is 27.7. The summed E-state index contributed by atoms with van der Waals surface area (Å²) in [5.41, 5.74) is 2.54. The first-order chi connectivity index (χ1) is 24.6. The van der Waals surface area contributed by atoms with Gasteiger partial charge < -0.3 is 9.47 Å². The fourth-order valence-corrected chi connectivity index (χ4v) is 7.03. The van der Waals surface area contributed by atoms with Gasteiger partial charge in [0.2, 0.25) is 0 Å². The summed E-state index contributed by atoms with van der Waals surface area (Å²) in [7, 11) is 0.